The van der Waals surface area contributed by atoms with E-state index in [1.807, 2.05) is 146 Å². The van der Waals surface area contributed by atoms with Gasteiger partial charge in [-0.25, -0.2) is 0 Å². The summed E-state index contributed by atoms with van der Waals surface area (Å²) in [6, 6.07) is 45.6. The van der Waals surface area contributed by atoms with Gasteiger partial charge in [-0.2, -0.15) is 0 Å². The summed E-state index contributed by atoms with van der Waals surface area (Å²) in [5.41, 5.74) is 4.52. The largest absolute Gasteiger partial charge is 0.489 e. The molecule has 0 saturated carbocycles. The van der Waals surface area contributed by atoms with E-state index in [2.05, 4.69) is 5.32 Å². The normalized spacial score (nSPS) is 11.5. The van der Waals surface area contributed by atoms with Gasteiger partial charge >= 0.3 is 0 Å². The molecule has 5 aromatic carbocycles. The molecule has 5 rings (SSSR count). The minimum absolute atomic E-state index is 0.196. The molecule has 0 aliphatic carbocycles. The zero-order valence-corrected chi connectivity index (χ0v) is 23.6. The summed E-state index contributed by atoms with van der Waals surface area (Å²) in [6.07, 6.45) is 0. The van der Waals surface area contributed by atoms with Crippen molar-refractivity contribution >= 4 is 11.8 Å². The first-order valence-electron chi connectivity index (χ1n) is 14.0. The summed E-state index contributed by atoms with van der Waals surface area (Å²) >= 11 is 0. The number of nitrogens with one attached hydrogen (secondary N) is 1. The van der Waals surface area contributed by atoms with Crippen LogP contribution in [0.3, 0.4) is 0 Å². The van der Waals surface area contributed by atoms with Crippen molar-refractivity contribution in [2.24, 2.45) is 0 Å². The van der Waals surface area contributed by atoms with Crippen LogP contribution in [0.15, 0.2) is 146 Å². The average Bonchev–Trinajstić information content (AvgIpc) is 3.05. The number of carbonyl (C=O) groups excluding carboxylic acids is 2. The van der Waals surface area contributed by atoms with Crippen molar-refractivity contribution in [3.8, 4) is 5.75 Å². The van der Waals surface area contributed by atoms with E-state index >= 15 is 0 Å². The standard InChI is InChI=1S/C37H34N2O3/c1-39(26-28-22-24-33(25-23-28)42-27-29-14-6-2-7-15-29)37(41)35(32-20-12-5-13-21-32)38-36(40)34(30-16-8-3-9-17-30)31-18-10-4-11-19-31/h2-25,34-35H,26-27H2,1H3,(H,38,40). The van der Waals surface area contributed by atoms with Gasteiger partial charge in [-0.15, -0.1) is 0 Å². The summed E-state index contributed by atoms with van der Waals surface area (Å²) in [4.78, 5) is 29.5. The average molecular weight is 555 g/mol. The lowest BCUT2D eigenvalue weighted by Crippen LogP contribution is -2.42. The van der Waals surface area contributed by atoms with Crippen LogP contribution >= 0.6 is 0 Å². The van der Waals surface area contributed by atoms with Crippen LogP contribution in [0.2, 0.25) is 0 Å². The molecule has 1 N–H and O–H groups in total. The van der Waals surface area contributed by atoms with E-state index in [1.165, 1.54) is 0 Å². The molecular weight excluding hydrogens is 520 g/mol. The highest BCUT2D eigenvalue weighted by atomic mass is 16.5. The van der Waals surface area contributed by atoms with Gasteiger partial charge in [-0.1, -0.05) is 133 Å². The van der Waals surface area contributed by atoms with Gasteiger partial charge in [-0.3, -0.25) is 9.59 Å². The molecule has 1 unspecified atom stereocenters. The Bertz CT molecular complexity index is 1520. The molecule has 210 valence electrons. The highest BCUT2D eigenvalue weighted by molar-refractivity contribution is 5.93. The number of likely N-dealkylation sites (N-methyl/N-ethyl adjacent to an activating group) is 1. The number of amides is 2. The SMILES string of the molecule is CN(Cc1ccc(OCc2ccccc2)cc1)C(=O)C(NC(=O)C(c1ccccc1)c1ccccc1)c1ccccc1. The Labute approximate surface area is 247 Å². The molecule has 0 aliphatic heterocycles. The molecule has 5 aromatic rings. The second-order valence-corrected chi connectivity index (χ2v) is 10.2. The van der Waals surface area contributed by atoms with Crippen molar-refractivity contribution in [1.29, 1.82) is 0 Å². The molecule has 0 aliphatic rings. The van der Waals surface area contributed by atoms with Crippen molar-refractivity contribution in [2.75, 3.05) is 7.05 Å². The molecule has 0 fully saturated rings. The maximum atomic E-state index is 13.9. The van der Waals surface area contributed by atoms with E-state index in [9.17, 15) is 9.59 Å². The molecule has 0 heterocycles. The maximum Gasteiger partial charge on any atom is 0.249 e. The van der Waals surface area contributed by atoms with Crippen LogP contribution in [0.4, 0.5) is 0 Å². The molecule has 1 atom stereocenters. The molecule has 5 heteroatoms. The fourth-order valence-corrected chi connectivity index (χ4v) is 4.95. The maximum absolute atomic E-state index is 13.9. The third kappa shape index (κ3) is 7.32. The highest BCUT2D eigenvalue weighted by Gasteiger charge is 2.30. The Morgan fingerprint density at radius 1 is 0.619 bits per heavy atom. The third-order valence-corrected chi connectivity index (χ3v) is 7.16. The summed E-state index contributed by atoms with van der Waals surface area (Å²) in [7, 11) is 1.76. The minimum Gasteiger partial charge on any atom is -0.489 e. The Balaban J connectivity index is 1.31. The van der Waals surface area contributed by atoms with Crippen LogP contribution in [0.25, 0.3) is 0 Å². The Morgan fingerprint density at radius 3 is 1.62 bits per heavy atom. The number of hydrogen-bond acceptors (Lipinski definition) is 3. The molecule has 42 heavy (non-hydrogen) atoms. The lowest BCUT2D eigenvalue weighted by atomic mass is 9.90. The van der Waals surface area contributed by atoms with E-state index in [0.29, 0.717) is 13.2 Å². The van der Waals surface area contributed by atoms with Gasteiger partial charge in [0, 0.05) is 13.6 Å². The van der Waals surface area contributed by atoms with Crippen molar-refractivity contribution < 1.29 is 14.3 Å². The van der Waals surface area contributed by atoms with E-state index in [4.69, 9.17) is 4.74 Å². The number of benzene rings is 5. The van der Waals surface area contributed by atoms with E-state index in [-0.39, 0.29) is 11.8 Å². The molecule has 2 amide bonds. The van der Waals surface area contributed by atoms with Gasteiger partial charge < -0.3 is 15.0 Å². The van der Waals surface area contributed by atoms with E-state index in [0.717, 1.165) is 33.6 Å². The lowest BCUT2D eigenvalue weighted by Gasteiger charge is -2.27. The third-order valence-electron chi connectivity index (χ3n) is 7.16. The van der Waals surface area contributed by atoms with E-state index in [1.54, 1.807) is 11.9 Å². The smallest absolute Gasteiger partial charge is 0.249 e. The molecule has 5 nitrogen and oxygen atoms in total. The Morgan fingerprint density at radius 2 is 1.10 bits per heavy atom. The first-order valence-corrected chi connectivity index (χ1v) is 14.0. The fraction of sp³-hybridized carbons (Fsp3) is 0.135. The first kappa shape index (κ1) is 28.4. The first-order chi connectivity index (χ1) is 20.6. The van der Waals surface area contributed by atoms with Crippen LogP contribution in [-0.4, -0.2) is 23.8 Å². The molecule has 0 spiro atoms. The zero-order valence-electron chi connectivity index (χ0n) is 23.6. The van der Waals surface area contributed by atoms with Crippen molar-refractivity contribution in [3.63, 3.8) is 0 Å². The fourth-order valence-electron chi connectivity index (χ4n) is 4.95. The van der Waals surface area contributed by atoms with Crippen LogP contribution in [0, 0.1) is 0 Å². The van der Waals surface area contributed by atoms with Crippen LogP contribution in [-0.2, 0) is 22.7 Å². The molecule has 0 radical (unpaired) electrons. The summed E-state index contributed by atoms with van der Waals surface area (Å²) < 4.78 is 5.91. The Hall–Kier alpha value is -5.16. The monoisotopic (exact) mass is 554 g/mol. The van der Waals surface area contributed by atoms with Crippen LogP contribution < -0.4 is 10.1 Å². The topological polar surface area (TPSA) is 58.6 Å². The summed E-state index contributed by atoms with van der Waals surface area (Å²) in [5.74, 6) is -0.222. The predicted molar refractivity (Wildman–Crippen MR) is 166 cm³/mol. The summed E-state index contributed by atoms with van der Waals surface area (Å²) in [6.45, 7) is 0.877. The quantitative estimate of drug-likeness (QED) is 0.193. The zero-order chi connectivity index (χ0) is 29.1. The number of carbonyl (C=O) groups is 2. The van der Waals surface area contributed by atoms with Gasteiger partial charge in [0.2, 0.25) is 11.8 Å². The van der Waals surface area contributed by atoms with E-state index < -0.39 is 12.0 Å². The number of rotatable bonds is 11. The lowest BCUT2D eigenvalue weighted by molar-refractivity contribution is -0.136. The van der Waals surface area contributed by atoms with Crippen molar-refractivity contribution in [1.82, 2.24) is 10.2 Å². The number of ether oxygens (including phenoxy) is 1. The van der Waals surface area contributed by atoms with Crippen molar-refractivity contribution in [3.05, 3.63) is 173 Å². The van der Waals surface area contributed by atoms with Gasteiger partial charge in [0.1, 0.15) is 18.4 Å². The minimum atomic E-state index is -0.841. The summed E-state index contributed by atoms with van der Waals surface area (Å²) in [5, 5.41) is 3.09. The number of hydrogen-bond donors (Lipinski definition) is 1. The van der Waals surface area contributed by atoms with Crippen LogP contribution in [0.5, 0.6) is 5.75 Å². The Kier molecular flexibility index (Phi) is 9.42. The van der Waals surface area contributed by atoms with Gasteiger partial charge in [-0.05, 0) is 39.9 Å². The van der Waals surface area contributed by atoms with Gasteiger partial charge in [0.25, 0.3) is 0 Å². The molecule has 0 aromatic heterocycles. The van der Waals surface area contributed by atoms with Crippen LogP contribution in [0.1, 0.15) is 39.8 Å². The molecular formula is C37H34N2O3. The molecule has 0 saturated heterocycles. The highest BCUT2D eigenvalue weighted by Crippen LogP contribution is 2.27. The second kappa shape index (κ2) is 14.0. The predicted octanol–water partition coefficient (Wildman–Crippen LogP) is 6.91. The molecule has 0 bridgehead atoms. The van der Waals surface area contributed by atoms with Gasteiger partial charge in [0.05, 0.1) is 5.92 Å². The second-order valence-electron chi connectivity index (χ2n) is 10.2. The van der Waals surface area contributed by atoms with Crippen molar-refractivity contribution in [2.45, 2.75) is 25.1 Å². The van der Waals surface area contributed by atoms with Gasteiger partial charge in [0.15, 0.2) is 0 Å². The number of nitrogens with zero attached hydrogens (tertiary/aromatic N) is 1.